The van der Waals surface area contributed by atoms with E-state index < -0.39 is 0 Å². The van der Waals surface area contributed by atoms with Crippen LogP contribution >= 0.6 is 27.3 Å². The molecule has 0 amide bonds. The fourth-order valence-electron chi connectivity index (χ4n) is 2.57. The molecule has 0 bridgehead atoms. The molecule has 1 aromatic carbocycles. The first kappa shape index (κ1) is 12.4. The SMILES string of the molecule is Brc1ccc(C2(CCc3cccs3)CNC2)cc1. The number of halogens is 1. The van der Waals surface area contributed by atoms with E-state index in [0.29, 0.717) is 5.41 Å². The predicted molar refractivity (Wildman–Crippen MR) is 81.3 cm³/mol. The zero-order valence-electron chi connectivity index (χ0n) is 10.2. The highest BCUT2D eigenvalue weighted by Gasteiger charge is 2.37. The Morgan fingerprint density at radius 3 is 2.50 bits per heavy atom. The van der Waals surface area contributed by atoms with Crippen LogP contribution in [0, 0.1) is 0 Å². The smallest absolute Gasteiger partial charge is 0.0206 e. The van der Waals surface area contributed by atoms with Crippen molar-refractivity contribution in [1.29, 1.82) is 0 Å². The van der Waals surface area contributed by atoms with Crippen LogP contribution in [0.1, 0.15) is 16.9 Å². The van der Waals surface area contributed by atoms with Gasteiger partial charge in [0.25, 0.3) is 0 Å². The van der Waals surface area contributed by atoms with Gasteiger partial charge in [0, 0.05) is 27.9 Å². The van der Waals surface area contributed by atoms with Crippen LogP contribution in [0.5, 0.6) is 0 Å². The summed E-state index contributed by atoms with van der Waals surface area (Å²) in [6, 6.07) is 13.2. The highest BCUT2D eigenvalue weighted by molar-refractivity contribution is 9.10. The molecule has 2 heterocycles. The van der Waals surface area contributed by atoms with Gasteiger partial charge in [0.15, 0.2) is 0 Å². The molecule has 1 fully saturated rings. The molecule has 1 saturated heterocycles. The quantitative estimate of drug-likeness (QED) is 0.898. The van der Waals surface area contributed by atoms with E-state index in [-0.39, 0.29) is 0 Å². The summed E-state index contributed by atoms with van der Waals surface area (Å²) < 4.78 is 1.16. The Labute approximate surface area is 120 Å². The van der Waals surface area contributed by atoms with Gasteiger partial charge >= 0.3 is 0 Å². The van der Waals surface area contributed by atoms with Crippen LogP contribution in [0.2, 0.25) is 0 Å². The van der Waals surface area contributed by atoms with E-state index in [0.717, 1.165) is 17.6 Å². The summed E-state index contributed by atoms with van der Waals surface area (Å²) in [7, 11) is 0. The van der Waals surface area contributed by atoms with Crippen LogP contribution in [-0.2, 0) is 11.8 Å². The lowest BCUT2D eigenvalue weighted by Crippen LogP contribution is -2.56. The van der Waals surface area contributed by atoms with E-state index in [4.69, 9.17) is 0 Å². The maximum Gasteiger partial charge on any atom is 0.0206 e. The van der Waals surface area contributed by atoms with E-state index >= 15 is 0 Å². The third-order valence-electron chi connectivity index (χ3n) is 3.81. The topological polar surface area (TPSA) is 12.0 Å². The molecule has 0 aliphatic carbocycles. The van der Waals surface area contributed by atoms with E-state index in [1.807, 2.05) is 11.3 Å². The van der Waals surface area contributed by atoms with E-state index in [1.165, 1.54) is 23.3 Å². The van der Waals surface area contributed by atoms with Gasteiger partial charge in [-0.3, -0.25) is 0 Å². The van der Waals surface area contributed by atoms with E-state index in [2.05, 4.69) is 63.0 Å². The van der Waals surface area contributed by atoms with Crippen molar-refractivity contribution in [3.8, 4) is 0 Å². The first-order chi connectivity index (χ1) is 8.78. The molecule has 1 nitrogen and oxygen atoms in total. The fourth-order valence-corrected chi connectivity index (χ4v) is 3.55. The van der Waals surface area contributed by atoms with Crippen LogP contribution in [0.25, 0.3) is 0 Å². The van der Waals surface area contributed by atoms with Crippen LogP contribution < -0.4 is 5.32 Å². The van der Waals surface area contributed by atoms with Crippen molar-refractivity contribution in [2.24, 2.45) is 0 Å². The van der Waals surface area contributed by atoms with Crippen molar-refractivity contribution in [3.05, 3.63) is 56.7 Å². The first-order valence-electron chi connectivity index (χ1n) is 6.28. The third kappa shape index (κ3) is 2.40. The average molecular weight is 322 g/mol. The summed E-state index contributed by atoms with van der Waals surface area (Å²) in [5.74, 6) is 0. The molecule has 3 heteroatoms. The molecular formula is C15H16BrNS. The Morgan fingerprint density at radius 1 is 1.17 bits per heavy atom. The Hall–Kier alpha value is -0.640. The number of nitrogens with one attached hydrogen (secondary N) is 1. The number of aryl methyl sites for hydroxylation is 1. The monoisotopic (exact) mass is 321 g/mol. The summed E-state index contributed by atoms with van der Waals surface area (Å²) in [5.41, 5.74) is 1.83. The summed E-state index contributed by atoms with van der Waals surface area (Å²) in [6.45, 7) is 2.22. The molecule has 2 aromatic rings. The first-order valence-corrected chi connectivity index (χ1v) is 7.95. The van der Waals surface area contributed by atoms with E-state index in [9.17, 15) is 0 Å². The highest BCUT2D eigenvalue weighted by atomic mass is 79.9. The lowest BCUT2D eigenvalue weighted by atomic mass is 9.72. The highest BCUT2D eigenvalue weighted by Crippen LogP contribution is 2.34. The van der Waals surface area contributed by atoms with Crippen molar-refractivity contribution in [2.75, 3.05) is 13.1 Å². The number of hydrogen-bond donors (Lipinski definition) is 1. The summed E-state index contributed by atoms with van der Waals surface area (Å²) >= 11 is 5.38. The lowest BCUT2D eigenvalue weighted by Gasteiger charge is -2.43. The van der Waals surface area contributed by atoms with Crippen molar-refractivity contribution < 1.29 is 0 Å². The second kappa shape index (κ2) is 5.16. The third-order valence-corrected chi connectivity index (χ3v) is 5.28. The number of benzene rings is 1. The van der Waals surface area contributed by atoms with Gasteiger partial charge in [-0.05, 0) is 42.0 Å². The van der Waals surface area contributed by atoms with Crippen LogP contribution in [0.15, 0.2) is 46.3 Å². The zero-order chi connectivity index (χ0) is 12.4. The maximum absolute atomic E-state index is 3.51. The molecule has 0 saturated carbocycles. The van der Waals surface area contributed by atoms with Crippen molar-refractivity contribution >= 4 is 27.3 Å². The molecule has 18 heavy (non-hydrogen) atoms. The Balaban J connectivity index is 1.75. The minimum absolute atomic E-state index is 0.352. The second-order valence-corrected chi connectivity index (χ2v) is 6.92. The minimum Gasteiger partial charge on any atom is -0.315 e. The van der Waals surface area contributed by atoms with Crippen LogP contribution in [0.4, 0.5) is 0 Å². The molecule has 0 spiro atoms. The molecule has 0 unspecified atom stereocenters. The Morgan fingerprint density at radius 2 is 1.94 bits per heavy atom. The summed E-state index contributed by atoms with van der Waals surface area (Å²) in [6.07, 6.45) is 2.43. The number of rotatable bonds is 4. The van der Waals surface area contributed by atoms with Crippen molar-refractivity contribution in [3.63, 3.8) is 0 Å². The molecular weight excluding hydrogens is 306 g/mol. The molecule has 0 radical (unpaired) electrons. The Kier molecular flexibility index (Phi) is 3.55. The second-order valence-electron chi connectivity index (χ2n) is 4.97. The molecule has 1 aromatic heterocycles. The Bertz CT molecular complexity index is 500. The molecule has 1 aliphatic rings. The summed E-state index contributed by atoms with van der Waals surface area (Å²) in [5, 5.41) is 5.60. The molecule has 3 rings (SSSR count). The van der Waals surface area contributed by atoms with Gasteiger partial charge in [0.1, 0.15) is 0 Å². The maximum atomic E-state index is 3.51. The average Bonchev–Trinajstić information content (AvgIpc) is 2.83. The van der Waals surface area contributed by atoms with Crippen LogP contribution in [-0.4, -0.2) is 13.1 Å². The summed E-state index contributed by atoms with van der Waals surface area (Å²) in [4.78, 5) is 1.50. The van der Waals surface area contributed by atoms with Crippen molar-refractivity contribution in [2.45, 2.75) is 18.3 Å². The molecule has 0 atom stereocenters. The van der Waals surface area contributed by atoms with Gasteiger partial charge in [-0.1, -0.05) is 34.1 Å². The molecule has 1 aliphatic heterocycles. The predicted octanol–water partition coefficient (Wildman–Crippen LogP) is 3.98. The van der Waals surface area contributed by atoms with E-state index in [1.54, 1.807) is 0 Å². The van der Waals surface area contributed by atoms with Crippen molar-refractivity contribution in [1.82, 2.24) is 5.32 Å². The standard InChI is InChI=1S/C15H16BrNS/c16-13-5-3-12(4-6-13)15(10-17-11-15)8-7-14-2-1-9-18-14/h1-6,9,17H,7-8,10-11H2. The fraction of sp³-hybridized carbons (Fsp3) is 0.333. The largest absolute Gasteiger partial charge is 0.315 e. The number of hydrogen-bond acceptors (Lipinski definition) is 2. The molecule has 94 valence electrons. The number of thiophene rings is 1. The van der Waals surface area contributed by atoms with Gasteiger partial charge < -0.3 is 5.32 Å². The van der Waals surface area contributed by atoms with Gasteiger partial charge in [-0.2, -0.15) is 0 Å². The minimum atomic E-state index is 0.352. The normalized spacial score (nSPS) is 17.4. The van der Waals surface area contributed by atoms with Gasteiger partial charge in [-0.25, -0.2) is 0 Å². The molecule has 1 N–H and O–H groups in total. The van der Waals surface area contributed by atoms with Gasteiger partial charge in [0.05, 0.1) is 0 Å². The van der Waals surface area contributed by atoms with Gasteiger partial charge in [0.2, 0.25) is 0 Å². The zero-order valence-corrected chi connectivity index (χ0v) is 12.6. The van der Waals surface area contributed by atoms with Crippen LogP contribution in [0.3, 0.4) is 0 Å². The van der Waals surface area contributed by atoms with Gasteiger partial charge in [-0.15, -0.1) is 11.3 Å². The lowest BCUT2D eigenvalue weighted by molar-refractivity contribution is 0.258.